The number of carboxylic acids is 1. The lowest BCUT2D eigenvalue weighted by molar-refractivity contribution is -0.188. The zero-order valence-electron chi connectivity index (χ0n) is 10.7. The highest BCUT2D eigenvalue weighted by Gasteiger charge is 2.52. The van der Waals surface area contributed by atoms with E-state index in [1.54, 1.807) is 4.90 Å². The number of halogens is 3. The van der Waals surface area contributed by atoms with Crippen molar-refractivity contribution in [2.45, 2.75) is 31.9 Å². The number of unbranched alkanes of at least 4 members (excludes halogenated alkanes) is 3. The molecule has 1 rings (SSSR count). The fraction of sp³-hybridized carbons (Fsp3) is 0.917. The van der Waals surface area contributed by atoms with Gasteiger partial charge in [-0.3, -0.25) is 4.79 Å². The van der Waals surface area contributed by atoms with E-state index in [0.717, 1.165) is 19.3 Å². The Balaban J connectivity index is 2.40. The Bertz CT molecular complexity index is 296. The maximum Gasteiger partial charge on any atom is 0.393 e. The zero-order valence-corrected chi connectivity index (χ0v) is 10.7. The molecule has 19 heavy (non-hydrogen) atoms. The average Bonchev–Trinajstić information content (AvgIpc) is 2.73. The Morgan fingerprint density at radius 1 is 1.16 bits per heavy atom. The second-order valence-electron chi connectivity index (χ2n) is 4.99. The smallest absolute Gasteiger partial charge is 0.393 e. The van der Waals surface area contributed by atoms with Crippen molar-refractivity contribution in [1.82, 2.24) is 4.90 Å². The summed E-state index contributed by atoms with van der Waals surface area (Å²) >= 11 is 0. The first-order valence-corrected chi connectivity index (χ1v) is 6.49. The second kappa shape index (κ2) is 7.09. The molecule has 0 aromatic rings. The lowest BCUT2D eigenvalue weighted by atomic mass is 9.96. The first kappa shape index (κ1) is 16.2. The number of nitrogens with zero attached hydrogens (tertiary/aromatic N) is 1. The van der Waals surface area contributed by atoms with Crippen LogP contribution in [0.2, 0.25) is 0 Å². The van der Waals surface area contributed by atoms with Crippen molar-refractivity contribution in [3.05, 3.63) is 0 Å². The van der Waals surface area contributed by atoms with Gasteiger partial charge in [0, 0.05) is 19.7 Å². The summed E-state index contributed by atoms with van der Waals surface area (Å²) in [4.78, 5) is 12.4. The molecule has 1 fully saturated rings. The molecule has 0 spiro atoms. The van der Waals surface area contributed by atoms with Crippen LogP contribution in [-0.2, 0) is 4.79 Å². The minimum absolute atomic E-state index is 0.0283. The number of carboxylic acid groups (broad SMARTS) is 1. The Morgan fingerprint density at radius 2 is 1.79 bits per heavy atom. The molecule has 1 heterocycles. The molecule has 0 aromatic heterocycles. The number of hydrogen-bond acceptors (Lipinski definition) is 3. The molecule has 1 aliphatic rings. The van der Waals surface area contributed by atoms with E-state index >= 15 is 0 Å². The highest BCUT2D eigenvalue weighted by Crippen LogP contribution is 2.37. The molecular formula is C12H20F3NO3. The van der Waals surface area contributed by atoms with Crippen molar-refractivity contribution in [3.8, 4) is 0 Å². The second-order valence-corrected chi connectivity index (χ2v) is 4.99. The minimum atomic E-state index is -4.45. The van der Waals surface area contributed by atoms with Crippen LogP contribution in [0.15, 0.2) is 0 Å². The number of aliphatic hydroxyl groups is 1. The van der Waals surface area contributed by atoms with E-state index in [-0.39, 0.29) is 19.7 Å². The lowest BCUT2D eigenvalue weighted by Crippen LogP contribution is -2.33. The normalized spacial score (nSPS) is 24.8. The third-order valence-electron chi connectivity index (χ3n) is 3.52. The van der Waals surface area contributed by atoms with Gasteiger partial charge in [0.2, 0.25) is 0 Å². The number of hydrogen-bond donors (Lipinski definition) is 2. The maximum atomic E-state index is 12.7. The number of likely N-dealkylation sites (tertiary alicyclic amines) is 1. The molecule has 1 aliphatic heterocycles. The molecule has 0 radical (unpaired) electrons. The fourth-order valence-corrected chi connectivity index (χ4v) is 2.45. The highest BCUT2D eigenvalue weighted by molar-refractivity contribution is 5.71. The van der Waals surface area contributed by atoms with E-state index in [4.69, 9.17) is 10.2 Å². The third-order valence-corrected chi connectivity index (χ3v) is 3.52. The summed E-state index contributed by atoms with van der Waals surface area (Å²) in [7, 11) is 0. The number of aliphatic carboxylic acids is 1. The van der Waals surface area contributed by atoms with Gasteiger partial charge in [0.15, 0.2) is 0 Å². The third kappa shape index (κ3) is 4.99. The average molecular weight is 283 g/mol. The van der Waals surface area contributed by atoms with E-state index in [9.17, 15) is 18.0 Å². The zero-order chi connectivity index (χ0) is 14.5. The van der Waals surface area contributed by atoms with Crippen LogP contribution in [0.25, 0.3) is 0 Å². The molecule has 0 aliphatic carbocycles. The summed E-state index contributed by atoms with van der Waals surface area (Å²) in [5.74, 6) is -4.48. The van der Waals surface area contributed by atoms with Crippen LogP contribution in [0, 0.1) is 11.8 Å². The number of aliphatic hydroxyl groups excluding tert-OH is 1. The molecule has 0 aromatic carbocycles. The van der Waals surface area contributed by atoms with Gasteiger partial charge in [-0.25, -0.2) is 0 Å². The summed E-state index contributed by atoms with van der Waals surface area (Å²) < 4.78 is 38.1. The van der Waals surface area contributed by atoms with Gasteiger partial charge in [-0.05, 0) is 19.4 Å². The first-order chi connectivity index (χ1) is 8.86. The number of carbonyl (C=O) groups is 1. The number of rotatable bonds is 7. The molecule has 112 valence electrons. The monoisotopic (exact) mass is 283 g/mol. The van der Waals surface area contributed by atoms with Gasteiger partial charge in [0.1, 0.15) is 0 Å². The molecule has 4 nitrogen and oxygen atoms in total. The Hall–Kier alpha value is -0.820. The molecule has 2 N–H and O–H groups in total. The van der Waals surface area contributed by atoms with Gasteiger partial charge in [-0.15, -0.1) is 0 Å². The van der Waals surface area contributed by atoms with Crippen molar-refractivity contribution in [3.63, 3.8) is 0 Å². The molecule has 2 atom stereocenters. The standard InChI is InChI=1S/C12H20F3NO3/c13-12(14,15)10-8-16(7-9(10)11(18)19)5-3-1-2-4-6-17/h9-10,17H,1-8H2,(H,18,19)/t9-,10-/m1/s1. The van der Waals surface area contributed by atoms with E-state index < -0.39 is 24.0 Å². The van der Waals surface area contributed by atoms with Gasteiger partial charge in [-0.2, -0.15) is 13.2 Å². The van der Waals surface area contributed by atoms with Gasteiger partial charge in [0.25, 0.3) is 0 Å². The van der Waals surface area contributed by atoms with Crippen molar-refractivity contribution in [1.29, 1.82) is 0 Å². The Morgan fingerprint density at radius 3 is 2.26 bits per heavy atom. The molecular weight excluding hydrogens is 263 g/mol. The van der Waals surface area contributed by atoms with Crippen molar-refractivity contribution in [2.24, 2.45) is 11.8 Å². The van der Waals surface area contributed by atoms with Crippen molar-refractivity contribution < 1.29 is 28.2 Å². The minimum Gasteiger partial charge on any atom is -0.481 e. The summed E-state index contributed by atoms with van der Waals surface area (Å²) in [6.45, 7) is 0.364. The van der Waals surface area contributed by atoms with Crippen LogP contribution in [0.4, 0.5) is 13.2 Å². The molecule has 0 saturated carbocycles. The van der Waals surface area contributed by atoms with Crippen molar-refractivity contribution in [2.75, 3.05) is 26.2 Å². The predicted octanol–water partition coefficient (Wildman–Crippen LogP) is 1.73. The van der Waals surface area contributed by atoms with Gasteiger partial charge < -0.3 is 15.1 Å². The first-order valence-electron chi connectivity index (χ1n) is 6.49. The molecule has 0 amide bonds. The van der Waals surface area contributed by atoms with Crippen molar-refractivity contribution >= 4 is 5.97 Å². The van der Waals surface area contributed by atoms with Crippen LogP contribution in [-0.4, -0.2) is 53.5 Å². The summed E-state index contributed by atoms with van der Waals surface area (Å²) in [5, 5.41) is 17.4. The highest BCUT2D eigenvalue weighted by atomic mass is 19.4. The van der Waals surface area contributed by atoms with Crippen LogP contribution >= 0.6 is 0 Å². The topological polar surface area (TPSA) is 60.8 Å². The largest absolute Gasteiger partial charge is 0.481 e. The van der Waals surface area contributed by atoms with Gasteiger partial charge >= 0.3 is 12.1 Å². The number of alkyl halides is 3. The summed E-state index contributed by atoms with van der Waals surface area (Å²) in [6, 6.07) is 0. The quantitative estimate of drug-likeness (QED) is 0.699. The van der Waals surface area contributed by atoms with E-state index in [2.05, 4.69) is 0 Å². The SMILES string of the molecule is O=C(O)[C@@H]1CN(CCCCCCO)C[C@H]1C(F)(F)F. The van der Waals surface area contributed by atoms with E-state index in [1.165, 1.54) is 0 Å². The Labute approximate surface area is 110 Å². The van der Waals surface area contributed by atoms with E-state index in [1.807, 2.05) is 0 Å². The summed E-state index contributed by atoms with van der Waals surface area (Å²) in [5.41, 5.74) is 0. The Kier molecular flexibility index (Phi) is 6.06. The van der Waals surface area contributed by atoms with Gasteiger partial charge in [-0.1, -0.05) is 12.8 Å². The van der Waals surface area contributed by atoms with Crippen LogP contribution in [0.3, 0.4) is 0 Å². The van der Waals surface area contributed by atoms with E-state index in [0.29, 0.717) is 13.0 Å². The maximum absolute atomic E-state index is 12.7. The van der Waals surface area contributed by atoms with Crippen LogP contribution in [0.5, 0.6) is 0 Å². The molecule has 7 heteroatoms. The molecule has 0 bridgehead atoms. The van der Waals surface area contributed by atoms with Crippen LogP contribution in [0.1, 0.15) is 25.7 Å². The van der Waals surface area contributed by atoms with Crippen LogP contribution < -0.4 is 0 Å². The predicted molar refractivity (Wildman–Crippen MR) is 62.7 cm³/mol. The lowest BCUT2D eigenvalue weighted by Gasteiger charge is -2.18. The fourth-order valence-electron chi connectivity index (χ4n) is 2.45. The summed E-state index contributed by atoms with van der Waals surface area (Å²) in [6.07, 6.45) is -1.34. The van der Waals surface area contributed by atoms with Gasteiger partial charge in [0.05, 0.1) is 11.8 Å². The molecule has 1 saturated heterocycles. The molecule has 0 unspecified atom stereocenters.